The van der Waals surface area contributed by atoms with Crippen molar-refractivity contribution in [3.63, 3.8) is 0 Å². The third-order valence-electron chi connectivity index (χ3n) is 10.2. The summed E-state index contributed by atoms with van der Waals surface area (Å²) in [5, 5.41) is 37.1. The van der Waals surface area contributed by atoms with Gasteiger partial charge in [0.25, 0.3) is 0 Å². The molecule has 0 radical (unpaired) electrons. The van der Waals surface area contributed by atoms with Crippen molar-refractivity contribution in [1.29, 1.82) is 0 Å². The molecular weight excluding hydrogens is 775 g/mol. The first kappa shape index (κ1) is 44.3. The average Bonchev–Trinajstić information content (AvgIpc) is 3.21. The maximum atomic E-state index is 13.6. The molecule has 0 spiro atoms. The minimum Gasteiger partial charge on any atom is -0.457 e. The lowest BCUT2D eigenvalue weighted by Gasteiger charge is -2.46. The Bertz CT molecular complexity index is 2240. The number of aliphatic hydroxyl groups is 3. The molecule has 7 N–H and O–H groups in total. The molecule has 3 aromatic carbocycles. The fourth-order valence-electron chi connectivity index (χ4n) is 7.32. The van der Waals surface area contributed by atoms with Gasteiger partial charge in [0.05, 0.1) is 51.8 Å². The normalized spacial score (nSPS) is 19.4. The van der Waals surface area contributed by atoms with Crippen molar-refractivity contribution in [2.24, 2.45) is 11.3 Å². The van der Waals surface area contributed by atoms with Crippen molar-refractivity contribution in [1.82, 2.24) is 10.6 Å². The molecule has 1 saturated heterocycles. The summed E-state index contributed by atoms with van der Waals surface area (Å²) in [6.45, 7) is 7.32. The van der Waals surface area contributed by atoms with Crippen LogP contribution >= 0.6 is 0 Å². The lowest BCUT2D eigenvalue weighted by Crippen LogP contribution is -2.59. The third-order valence-corrected chi connectivity index (χ3v) is 10.2. The number of ether oxygens (including phenoxy) is 5. The first-order valence-corrected chi connectivity index (χ1v) is 19.9. The second-order valence-electron chi connectivity index (χ2n) is 15.6. The number of rotatable bonds is 19. The second-order valence-corrected chi connectivity index (χ2v) is 15.6. The summed E-state index contributed by atoms with van der Waals surface area (Å²) in [6, 6.07) is 24.5. The van der Waals surface area contributed by atoms with Crippen LogP contribution < -0.4 is 26.5 Å². The van der Waals surface area contributed by atoms with Gasteiger partial charge in [0, 0.05) is 58.9 Å². The summed E-state index contributed by atoms with van der Waals surface area (Å²) in [5.74, 6) is 0.501. The number of nitrogen functional groups attached to an aromatic ring is 1. The number of aliphatic hydroxyl groups excluding tert-OH is 3. The zero-order valence-corrected chi connectivity index (χ0v) is 33.9. The van der Waals surface area contributed by atoms with Crippen LogP contribution in [0.4, 0.5) is 5.69 Å². The average molecular weight is 828 g/mol. The molecular formula is C45H53N3O12. The number of ketones is 1. The molecule has 1 aliphatic carbocycles. The predicted octanol–water partition coefficient (Wildman–Crippen LogP) is 3.98. The maximum absolute atomic E-state index is 13.6. The minimum atomic E-state index is -1.55. The molecule has 2 heterocycles. The van der Waals surface area contributed by atoms with Crippen LogP contribution in [0, 0.1) is 11.3 Å². The van der Waals surface area contributed by atoms with Gasteiger partial charge in [-0.25, -0.2) is 0 Å². The fraction of sp³-hybridized carbons (Fsp3) is 0.400. The van der Waals surface area contributed by atoms with Crippen LogP contribution in [0.25, 0.3) is 33.4 Å². The Labute approximate surface area is 347 Å². The molecule has 1 amide bonds. The predicted molar refractivity (Wildman–Crippen MR) is 224 cm³/mol. The number of amides is 1. The molecule has 15 nitrogen and oxygen atoms in total. The van der Waals surface area contributed by atoms with E-state index in [1.165, 1.54) is 12.1 Å². The first-order chi connectivity index (χ1) is 28.8. The number of benzene rings is 4. The van der Waals surface area contributed by atoms with Crippen molar-refractivity contribution in [3.8, 4) is 33.9 Å². The van der Waals surface area contributed by atoms with Gasteiger partial charge in [-0.3, -0.25) is 14.4 Å². The molecule has 6 rings (SSSR count). The van der Waals surface area contributed by atoms with Crippen molar-refractivity contribution >= 4 is 28.3 Å². The number of carbonyl (C=O) groups excluding carboxylic acids is 2. The number of fused-ring (bicyclic) bond motifs is 2. The van der Waals surface area contributed by atoms with Crippen molar-refractivity contribution in [2.45, 2.75) is 45.4 Å². The minimum absolute atomic E-state index is 0.0461. The van der Waals surface area contributed by atoms with Gasteiger partial charge in [0.1, 0.15) is 35.6 Å². The van der Waals surface area contributed by atoms with E-state index in [-0.39, 0.29) is 50.0 Å². The van der Waals surface area contributed by atoms with E-state index in [2.05, 4.69) is 10.6 Å². The molecule has 5 unspecified atom stereocenters. The van der Waals surface area contributed by atoms with Crippen molar-refractivity contribution in [2.75, 3.05) is 65.0 Å². The van der Waals surface area contributed by atoms with Gasteiger partial charge < -0.3 is 59.8 Å². The zero-order valence-electron chi connectivity index (χ0n) is 33.9. The highest BCUT2D eigenvalue weighted by Crippen LogP contribution is 2.43. The van der Waals surface area contributed by atoms with Crippen LogP contribution in [0.15, 0.2) is 94.1 Å². The smallest absolute Gasteiger partial charge is 0.246 e. The summed E-state index contributed by atoms with van der Waals surface area (Å²) in [7, 11) is 0. The van der Waals surface area contributed by atoms with E-state index in [0.717, 1.165) is 10.9 Å². The SMILES string of the molecule is CC(C)(C)C1C(COCC(=O)NCCOCCOCCNCC(=O)c2ccccc2-c2c3ccc(=O)cc-3oc3cc(Oc4ccc(N)cc4)ccc23)OC(O)C(O)C1O. The van der Waals surface area contributed by atoms with E-state index in [0.29, 0.717) is 71.6 Å². The van der Waals surface area contributed by atoms with Crippen LogP contribution in [0.5, 0.6) is 11.5 Å². The van der Waals surface area contributed by atoms with E-state index in [1.54, 1.807) is 42.5 Å². The number of nitrogens with two attached hydrogens (primary N) is 1. The maximum Gasteiger partial charge on any atom is 0.246 e. The monoisotopic (exact) mass is 827 g/mol. The molecule has 3 aromatic rings. The molecule has 0 aromatic heterocycles. The third kappa shape index (κ3) is 11.3. The number of hydrogen-bond acceptors (Lipinski definition) is 14. The summed E-state index contributed by atoms with van der Waals surface area (Å²) < 4.78 is 34.4. The lowest BCUT2D eigenvalue weighted by atomic mass is 9.71. The van der Waals surface area contributed by atoms with E-state index in [4.69, 9.17) is 33.8 Å². The number of anilines is 1. The van der Waals surface area contributed by atoms with Gasteiger partial charge in [0.15, 0.2) is 17.5 Å². The van der Waals surface area contributed by atoms with Gasteiger partial charge in [-0.2, -0.15) is 0 Å². The molecule has 5 atom stereocenters. The standard InChI is InChI=1S/C45H53N3O12/c1-45(2,3)41-38(60-44(54)43(53)42(41)52)25-57-26-39(51)48-17-19-56-21-20-55-18-16-47-24-35(50)31-6-4-5-7-32(31)40-33-14-10-28(49)22-36(33)59-37-23-30(13-15-34(37)40)58-29-11-8-27(46)9-12-29/h4-15,22-23,38,41-44,47,52-54H,16-21,24-26,46H2,1-3H3,(H,48,51). The Morgan fingerprint density at radius 3 is 2.27 bits per heavy atom. The first-order valence-electron chi connectivity index (χ1n) is 19.9. The summed E-state index contributed by atoms with van der Waals surface area (Å²) in [4.78, 5) is 38.3. The Balaban J connectivity index is 0.926. The highest BCUT2D eigenvalue weighted by Gasteiger charge is 2.48. The van der Waals surface area contributed by atoms with Gasteiger partial charge in [-0.15, -0.1) is 0 Å². The molecule has 320 valence electrons. The van der Waals surface area contributed by atoms with Gasteiger partial charge in [-0.1, -0.05) is 45.0 Å². The van der Waals surface area contributed by atoms with Gasteiger partial charge in [0.2, 0.25) is 5.91 Å². The quantitative estimate of drug-likeness (QED) is 0.0300. The Hall–Kier alpha value is -5.23. The number of carbonyl (C=O) groups is 2. The highest BCUT2D eigenvalue weighted by atomic mass is 16.6. The highest BCUT2D eigenvalue weighted by molar-refractivity contribution is 6.10. The lowest BCUT2D eigenvalue weighted by molar-refractivity contribution is -0.288. The van der Waals surface area contributed by atoms with Gasteiger partial charge >= 0.3 is 0 Å². The van der Waals surface area contributed by atoms with E-state index in [1.807, 2.05) is 51.1 Å². The van der Waals surface area contributed by atoms with Crippen LogP contribution in [0.2, 0.25) is 0 Å². The molecule has 3 aliphatic rings. The van der Waals surface area contributed by atoms with Crippen molar-refractivity contribution in [3.05, 3.63) is 101 Å². The summed E-state index contributed by atoms with van der Waals surface area (Å²) in [6.07, 6.45) is -4.89. The van der Waals surface area contributed by atoms with Crippen molar-refractivity contribution < 1.29 is 53.0 Å². The molecule has 2 aliphatic heterocycles. The Kier molecular flexibility index (Phi) is 15.0. The fourth-order valence-corrected chi connectivity index (χ4v) is 7.32. The van der Waals surface area contributed by atoms with Crippen LogP contribution in [-0.2, 0) is 23.7 Å². The van der Waals surface area contributed by atoms with Crippen LogP contribution in [-0.4, -0.2) is 111 Å². The zero-order chi connectivity index (χ0) is 42.8. The Morgan fingerprint density at radius 2 is 1.52 bits per heavy atom. The Morgan fingerprint density at radius 1 is 0.800 bits per heavy atom. The van der Waals surface area contributed by atoms with E-state index in [9.17, 15) is 29.7 Å². The molecule has 60 heavy (non-hydrogen) atoms. The summed E-state index contributed by atoms with van der Waals surface area (Å²) in [5.41, 5.74) is 8.92. The molecule has 15 heteroatoms. The number of nitrogens with one attached hydrogen (secondary N) is 2. The topological polar surface area (TPSA) is 221 Å². The van der Waals surface area contributed by atoms with E-state index < -0.39 is 35.9 Å². The molecule has 0 saturated carbocycles. The number of Topliss-reactive ketones (excluding diaryl/α,β-unsaturated/α-hetero) is 1. The second kappa shape index (κ2) is 20.4. The van der Waals surface area contributed by atoms with Crippen LogP contribution in [0.3, 0.4) is 0 Å². The molecule has 0 bridgehead atoms. The van der Waals surface area contributed by atoms with Gasteiger partial charge in [-0.05, 0) is 59.5 Å². The van der Waals surface area contributed by atoms with Crippen LogP contribution in [0.1, 0.15) is 31.1 Å². The summed E-state index contributed by atoms with van der Waals surface area (Å²) >= 11 is 0. The largest absolute Gasteiger partial charge is 0.457 e. The molecule has 1 fully saturated rings. The number of hydrogen-bond donors (Lipinski definition) is 6. The van der Waals surface area contributed by atoms with E-state index >= 15 is 0 Å².